The largest absolute Gasteiger partial charge is 0.464 e. The van der Waals surface area contributed by atoms with Crippen LogP contribution in [0.4, 0.5) is 0 Å². The highest BCUT2D eigenvalue weighted by Gasteiger charge is 2.04. The van der Waals surface area contributed by atoms with Crippen molar-refractivity contribution in [3.63, 3.8) is 0 Å². The molecule has 132 valence electrons. The van der Waals surface area contributed by atoms with Crippen LogP contribution in [0.15, 0.2) is 28.6 Å². The van der Waals surface area contributed by atoms with E-state index >= 15 is 0 Å². The molecule has 0 aromatic carbocycles. The molecule has 0 unspecified atom stereocenters. The summed E-state index contributed by atoms with van der Waals surface area (Å²) in [7, 11) is 4.01. The second-order valence-corrected chi connectivity index (χ2v) is 6.43. The normalized spacial score (nSPS) is 11.3. The molecule has 0 saturated carbocycles. The van der Waals surface area contributed by atoms with Crippen LogP contribution in [-0.4, -0.2) is 42.8 Å². The Bertz CT molecular complexity index is 578. The molecule has 1 heterocycles. The van der Waals surface area contributed by atoms with Crippen molar-refractivity contribution in [1.29, 1.82) is 0 Å². The molecule has 8 heteroatoms. The molecule has 0 atom stereocenters. The number of nitrogens with one attached hydrogen (secondary N) is 2. The maximum absolute atomic E-state index is 10.5. The molecule has 0 aliphatic heterocycles. The van der Waals surface area contributed by atoms with Crippen LogP contribution in [0.5, 0.6) is 0 Å². The fraction of sp³-hybridized carbons (Fsp3) is 0.500. The summed E-state index contributed by atoms with van der Waals surface area (Å²) in [4.78, 5) is 12.1. The first kappa shape index (κ1) is 19.9. The van der Waals surface area contributed by atoms with Crippen LogP contribution in [0, 0.1) is 22.5 Å². The molecular formula is C16H24N4O3S. The van der Waals surface area contributed by atoms with Crippen molar-refractivity contribution < 1.29 is 9.34 Å². The quantitative estimate of drug-likeness (QED) is 0.257. The van der Waals surface area contributed by atoms with E-state index in [9.17, 15) is 10.1 Å². The predicted octanol–water partition coefficient (Wildman–Crippen LogP) is 1.85. The number of nitrogens with zero attached hydrogens (tertiary/aromatic N) is 2. The summed E-state index contributed by atoms with van der Waals surface area (Å²) < 4.78 is 5.74. The van der Waals surface area contributed by atoms with Crippen LogP contribution in [0.1, 0.15) is 17.9 Å². The third-order valence-electron chi connectivity index (χ3n) is 2.83. The van der Waals surface area contributed by atoms with Gasteiger partial charge in [0.05, 0.1) is 23.8 Å². The molecule has 0 radical (unpaired) electrons. The van der Waals surface area contributed by atoms with Gasteiger partial charge in [0.25, 0.3) is 6.20 Å². The second-order valence-electron chi connectivity index (χ2n) is 5.32. The first-order valence-electron chi connectivity index (χ1n) is 7.58. The van der Waals surface area contributed by atoms with Gasteiger partial charge in [-0.25, -0.2) is 0 Å². The Balaban J connectivity index is 2.20. The van der Waals surface area contributed by atoms with E-state index in [0.717, 1.165) is 42.2 Å². The zero-order valence-corrected chi connectivity index (χ0v) is 14.9. The van der Waals surface area contributed by atoms with Crippen molar-refractivity contribution in [2.45, 2.75) is 18.7 Å². The van der Waals surface area contributed by atoms with E-state index < -0.39 is 4.92 Å². The number of hydrogen-bond donors (Lipinski definition) is 2. The number of rotatable bonds is 12. The van der Waals surface area contributed by atoms with Crippen LogP contribution < -0.4 is 10.6 Å². The lowest BCUT2D eigenvalue weighted by atomic mass is 10.4. The summed E-state index contributed by atoms with van der Waals surface area (Å²) in [6.45, 7) is 1.67. The van der Waals surface area contributed by atoms with Crippen LogP contribution in [-0.2, 0) is 12.3 Å². The van der Waals surface area contributed by atoms with E-state index in [1.807, 2.05) is 26.2 Å². The Kier molecular flexibility index (Phi) is 9.49. The highest BCUT2D eigenvalue weighted by Crippen LogP contribution is 2.16. The van der Waals surface area contributed by atoms with Gasteiger partial charge in [-0.05, 0) is 38.4 Å². The van der Waals surface area contributed by atoms with Crippen molar-refractivity contribution in [1.82, 2.24) is 15.5 Å². The van der Waals surface area contributed by atoms with Gasteiger partial charge in [0, 0.05) is 6.54 Å². The summed E-state index contributed by atoms with van der Waals surface area (Å²) in [6.07, 6.45) is 6.90. The van der Waals surface area contributed by atoms with Crippen molar-refractivity contribution in [3.05, 3.63) is 45.8 Å². The van der Waals surface area contributed by atoms with Crippen LogP contribution in [0.25, 0.3) is 0 Å². The van der Waals surface area contributed by atoms with Gasteiger partial charge >= 0.3 is 0 Å². The highest BCUT2D eigenvalue weighted by molar-refractivity contribution is 7.98. The van der Waals surface area contributed by atoms with Gasteiger partial charge in [-0.2, -0.15) is 11.8 Å². The summed E-state index contributed by atoms with van der Waals surface area (Å²) >= 11 is 1.77. The van der Waals surface area contributed by atoms with Gasteiger partial charge < -0.3 is 20.0 Å². The average molecular weight is 352 g/mol. The van der Waals surface area contributed by atoms with E-state index in [1.165, 1.54) is 0 Å². The molecule has 0 amide bonds. The summed E-state index contributed by atoms with van der Waals surface area (Å²) in [6, 6.07) is 4.01. The van der Waals surface area contributed by atoms with Gasteiger partial charge in [0.1, 0.15) is 11.5 Å². The van der Waals surface area contributed by atoms with Crippen molar-refractivity contribution in [2.24, 2.45) is 0 Å². The molecule has 1 rings (SSSR count). The van der Waals surface area contributed by atoms with Crippen molar-refractivity contribution in [2.75, 3.05) is 32.9 Å². The molecule has 0 aliphatic carbocycles. The SMILES string of the molecule is C#CCN/C(=C/[N+](=O)[O-])NCCCSCc1ccc(CN(C)C)o1. The van der Waals surface area contributed by atoms with Crippen LogP contribution in [0.3, 0.4) is 0 Å². The van der Waals surface area contributed by atoms with Gasteiger partial charge in [-0.1, -0.05) is 5.92 Å². The minimum atomic E-state index is -0.511. The lowest BCUT2D eigenvalue weighted by Crippen LogP contribution is -2.28. The summed E-state index contributed by atoms with van der Waals surface area (Å²) in [5, 5.41) is 16.3. The first-order chi connectivity index (χ1) is 11.5. The zero-order chi connectivity index (χ0) is 17.8. The number of terminal acetylenes is 1. The molecule has 7 nitrogen and oxygen atoms in total. The summed E-state index contributed by atoms with van der Waals surface area (Å²) in [5.74, 6) is 6.40. The number of hydrogen-bond acceptors (Lipinski definition) is 7. The Morgan fingerprint density at radius 2 is 2.21 bits per heavy atom. The minimum Gasteiger partial charge on any atom is -0.464 e. The maximum Gasteiger partial charge on any atom is 0.274 e. The number of nitro groups is 1. The molecule has 1 aromatic heterocycles. The van der Waals surface area contributed by atoms with E-state index in [1.54, 1.807) is 11.8 Å². The molecule has 0 saturated heterocycles. The van der Waals surface area contributed by atoms with E-state index in [2.05, 4.69) is 21.5 Å². The van der Waals surface area contributed by atoms with E-state index in [-0.39, 0.29) is 6.54 Å². The Labute approximate surface area is 147 Å². The molecule has 2 N–H and O–H groups in total. The fourth-order valence-electron chi connectivity index (χ4n) is 1.87. The predicted molar refractivity (Wildman–Crippen MR) is 96.8 cm³/mol. The molecule has 0 fully saturated rings. The molecule has 0 bridgehead atoms. The van der Waals surface area contributed by atoms with E-state index in [4.69, 9.17) is 10.8 Å². The fourth-order valence-corrected chi connectivity index (χ4v) is 2.72. The number of furan rings is 1. The zero-order valence-electron chi connectivity index (χ0n) is 14.1. The van der Waals surface area contributed by atoms with Gasteiger partial charge in [-0.15, -0.1) is 6.42 Å². The molecule has 24 heavy (non-hydrogen) atoms. The molecule has 0 aliphatic rings. The third kappa shape index (κ3) is 9.12. The maximum atomic E-state index is 10.5. The summed E-state index contributed by atoms with van der Waals surface area (Å²) in [5.41, 5.74) is 0. The first-order valence-corrected chi connectivity index (χ1v) is 8.73. The van der Waals surface area contributed by atoms with E-state index in [0.29, 0.717) is 12.4 Å². The average Bonchev–Trinajstić information content (AvgIpc) is 2.94. The lowest BCUT2D eigenvalue weighted by molar-refractivity contribution is -0.404. The van der Waals surface area contributed by atoms with Crippen molar-refractivity contribution in [3.8, 4) is 12.3 Å². The molecule has 0 spiro atoms. The Morgan fingerprint density at radius 3 is 2.88 bits per heavy atom. The smallest absolute Gasteiger partial charge is 0.274 e. The standard InChI is InChI=1S/C16H24N4O3S/c1-4-8-17-16(12-20(21)22)18-9-5-10-24-13-15-7-6-14(23-15)11-19(2)3/h1,6-7,12,17-18H,5,8-11,13H2,2-3H3/b16-12-. The Morgan fingerprint density at radius 1 is 1.46 bits per heavy atom. The monoisotopic (exact) mass is 352 g/mol. The lowest BCUT2D eigenvalue weighted by Gasteiger charge is -2.09. The molecular weight excluding hydrogens is 328 g/mol. The topological polar surface area (TPSA) is 83.6 Å². The van der Waals surface area contributed by atoms with Crippen molar-refractivity contribution >= 4 is 11.8 Å². The molecule has 1 aromatic rings. The van der Waals surface area contributed by atoms with Crippen LogP contribution >= 0.6 is 11.8 Å². The second kappa shape index (κ2) is 11.4. The van der Waals surface area contributed by atoms with Crippen LogP contribution in [0.2, 0.25) is 0 Å². The van der Waals surface area contributed by atoms with Gasteiger partial charge in [0.2, 0.25) is 0 Å². The van der Waals surface area contributed by atoms with Gasteiger partial charge in [0.15, 0.2) is 5.82 Å². The third-order valence-corrected chi connectivity index (χ3v) is 3.90. The minimum absolute atomic E-state index is 0.245. The van der Waals surface area contributed by atoms with Gasteiger partial charge in [-0.3, -0.25) is 10.1 Å². The highest BCUT2D eigenvalue weighted by atomic mass is 32.2. The Hall–Kier alpha value is -2.11. The number of thioether (sulfide) groups is 1.